The molecule has 1 fully saturated rings. The summed E-state index contributed by atoms with van der Waals surface area (Å²) in [4.78, 5) is -0.539. The SMILES string of the molecule is Nc1cc(Cl)cc(S(=O)(=O)NC2CCCOC2)c1F. The molecular formula is C11H14ClFN2O3S. The first-order valence-electron chi connectivity index (χ1n) is 5.75. The van der Waals surface area contributed by atoms with Crippen molar-refractivity contribution in [2.75, 3.05) is 18.9 Å². The number of hydrogen-bond donors (Lipinski definition) is 2. The third-order valence-electron chi connectivity index (χ3n) is 2.80. The van der Waals surface area contributed by atoms with Crippen LogP contribution in [0.1, 0.15) is 12.8 Å². The van der Waals surface area contributed by atoms with E-state index >= 15 is 0 Å². The van der Waals surface area contributed by atoms with Gasteiger partial charge in [-0.1, -0.05) is 11.6 Å². The van der Waals surface area contributed by atoms with Crippen LogP contribution in [0.25, 0.3) is 0 Å². The Hall–Kier alpha value is -0.890. The number of halogens is 2. The fourth-order valence-electron chi connectivity index (χ4n) is 1.90. The monoisotopic (exact) mass is 308 g/mol. The Balaban J connectivity index is 2.28. The number of ether oxygens (including phenoxy) is 1. The van der Waals surface area contributed by atoms with Crippen molar-refractivity contribution in [1.82, 2.24) is 4.72 Å². The number of nitrogen functional groups attached to an aromatic ring is 1. The standard InChI is InChI=1S/C11H14ClFN2O3S/c12-7-4-9(14)11(13)10(5-7)19(16,17)15-8-2-1-3-18-6-8/h4-5,8,15H,1-3,6,14H2. The summed E-state index contributed by atoms with van der Waals surface area (Å²) in [7, 11) is -4.01. The van der Waals surface area contributed by atoms with E-state index in [4.69, 9.17) is 22.1 Å². The van der Waals surface area contributed by atoms with Gasteiger partial charge in [-0.2, -0.15) is 0 Å². The second-order valence-corrected chi connectivity index (χ2v) is 6.46. The maximum atomic E-state index is 13.8. The van der Waals surface area contributed by atoms with Gasteiger partial charge < -0.3 is 10.5 Å². The van der Waals surface area contributed by atoms with Gasteiger partial charge in [-0.15, -0.1) is 0 Å². The third kappa shape index (κ3) is 3.36. The van der Waals surface area contributed by atoms with Gasteiger partial charge in [0.05, 0.1) is 12.3 Å². The molecule has 1 aliphatic heterocycles. The number of nitrogens with one attached hydrogen (secondary N) is 1. The summed E-state index contributed by atoms with van der Waals surface area (Å²) >= 11 is 5.71. The lowest BCUT2D eigenvalue weighted by Gasteiger charge is -2.23. The Kier molecular flexibility index (Phi) is 4.29. The van der Waals surface area contributed by atoms with E-state index in [2.05, 4.69) is 4.72 Å². The molecule has 1 unspecified atom stereocenters. The number of benzene rings is 1. The highest BCUT2D eigenvalue weighted by atomic mass is 35.5. The maximum absolute atomic E-state index is 13.8. The quantitative estimate of drug-likeness (QED) is 0.830. The zero-order valence-electron chi connectivity index (χ0n) is 10.0. The minimum Gasteiger partial charge on any atom is -0.396 e. The van der Waals surface area contributed by atoms with Crippen LogP contribution >= 0.6 is 11.6 Å². The van der Waals surface area contributed by atoms with Gasteiger partial charge in [0, 0.05) is 17.7 Å². The molecule has 0 aromatic heterocycles. The molecule has 5 nitrogen and oxygen atoms in total. The molecule has 1 heterocycles. The molecule has 1 aromatic carbocycles. The molecule has 0 saturated carbocycles. The van der Waals surface area contributed by atoms with E-state index in [1.165, 1.54) is 6.07 Å². The summed E-state index contributed by atoms with van der Waals surface area (Å²) in [5, 5.41) is 0.0687. The second kappa shape index (κ2) is 5.62. The second-order valence-electron chi connectivity index (χ2n) is 4.34. The first-order valence-corrected chi connectivity index (χ1v) is 7.61. The van der Waals surface area contributed by atoms with E-state index in [1.807, 2.05) is 0 Å². The van der Waals surface area contributed by atoms with Crippen molar-refractivity contribution < 1.29 is 17.5 Å². The largest absolute Gasteiger partial charge is 0.396 e. The van der Waals surface area contributed by atoms with Crippen LogP contribution < -0.4 is 10.5 Å². The summed E-state index contributed by atoms with van der Waals surface area (Å²) in [5.74, 6) is -0.992. The van der Waals surface area contributed by atoms with Crippen LogP contribution in [0.5, 0.6) is 0 Å². The molecule has 2 rings (SSSR count). The molecule has 1 atom stereocenters. The van der Waals surface area contributed by atoms with Gasteiger partial charge in [-0.05, 0) is 25.0 Å². The summed E-state index contributed by atoms with van der Waals surface area (Å²) in [5.41, 5.74) is 5.08. The number of anilines is 1. The highest BCUT2D eigenvalue weighted by Gasteiger charge is 2.26. The van der Waals surface area contributed by atoms with Gasteiger partial charge in [0.1, 0.15) is 4.90 Å². The molecule has 0 radical (unpaired) electrons. The predicted octanol–water partition coefficient (Wildman–Crippen LogP) is 1.52. The van der Waals surface area contributed by atoms with Gasteiger partial charge >= 0.3 is 0 Å². The van der Waals surface area contributed by atoms with Gasteiger partial charge in [-0.25, -0.2) is 17.5 Å². The number of sulfonamides is 1. The summed E-state index contributed by atoms with van der Waals surface area (Å²) in [6, 6.07) is 1.84. The summed E-state index contributed by atoms with van der Waals surface area (Å²) in [6.07, 6.45) is 1.41. The van der Waals surface area contributed by atoms with Crippen LogP contribution in [0.15, 0.2) is 17.0 Å². The number of rotatable bonds is 3. The van der Waals surface area contributed by atoms with Crippen molar-refractivity contribution in [3.05, 3.63) is 23.0 Å². The van der Waals surface area contributed by atoms with E-state index in [-0.39, 0.29) is 23.4 Å². The molecule has 106 valence electrons. The van der Waals surface area contributed by atoms with Crippen LogP contribution in [-0.2, 0) is 14.8 Å². The van der Waals surface area contributed by atoms with E-state index < -0.39 is 20.7 Å². The molecular weight excluding hydrogens is 295 g/mol. The van der Waals surface area contributed by atoms with E-state index in [0.29, 0.717) is 13.0 Å². The molecule has 1 saturated heterocycles. The average molecular weight is 309 g/mol. The van der Waals surface area contributed by atoms with Crippen molar-refractivity contribution in [2.24, 2.45) is 0 Å². The Labute approximate surface area is 115 Å². The Morgan fingerprint density at radius 3 is 2.84 bits per heavy atom. The average Bonchev–Trinajstić information content (AvgIpc) is 2.34. The molecule has 0 bridgehead atoms. The Bertz CT molecular complexity index is 574. The summed E-state index contributed by atoms with van der Waals surface area (Å²) in [6.45, 7) is 0.883. The molecule has 19 heavy (non-hydrogen) atoms. The molecule has 1 aliphatic rings. The van der Waals surface area contributed by atoms with Gasteiger partial charge in [0.25, 0.3) is 0 Å². The molecule has 0 aliphatic carbocycles. The van der Waals surface area contributed by atoms with Crippen molar-refractivity contribution in [3.8, 4) is 0 Å². The molecule has 1 aromatic rings. The van der Waals surface area contributed by atoms with Crippen molar-refractivity contribution in [3.63, 3.8) is 0 Å². The number of nitrogens with two attached hydrogens (primary N) is 1. The van der Waals surface area contributed by atoms with Crippen molar-refractivity contribution >= 4 is 27.3 Å². The van der Waals surface area contributed by atoms with Crippen LogP contribution in [0, 0.1) is 5.82 Å². The van der Waals surface area contributed by atoms with Crippen molar-refractivity contribution in [1.29, 1.82) is 0 Å². The lowest BCUT2D eigenvalue weighted by atomic mass is 10.1. The molecule has 8 heteroatoms. The highest BCUT2D eigenvalue weighted by Crippen LogP contribution is 2.25. The minimum atomic E-state index is -4.01. The molecule has 0 spiro atoms. The van der Waals surface area contributed by atoms with E-state index in [9.17, 15) is 12.8 Å². The maximum Gasteiger partial charge on any atom is 0.243 e. The predicted molar refractivity (Wildman–Crippen MR) is 70.0 cm³/mol. The zero-order valence-corrected chi connectivity index (χ0v) is 11.6. The lowest BCUT2D eigenvalue weighted by molar-refractivity contribution is 0.0774. The van der Waals surface area contributed by atoms with Gasteiger partial charge in [-0.3, -0.25) is 0 Å². The van der Waals surface area contributed by atoms with E-state index in [1.54, 1.807) is 0 Å². The molecule has 3 N–H and O–H groups in total. The fraction of sp³-hybridized carbons (Fsp3) is 0.455. The lowest BCUT2D eigenvalue weighted by Crippen LogP contribution is -2.40. The van der Waals surface area contributed by atoms with Crippen LogP contribution in [0.4, 0.5) is 10.1 Å². The topological polar surface area (TPSA) is 81.4 Å². The van der Waals surface area contributed by atoms with Crippen LogP contribution in [0.2, 0.25) is 5.02 Å². The fourth-order valence-corrected chi connectivity index (χ4v) is 3.58. The first-order chi connectivity index (χ1) is 8.90. The van der Waals surface area contributed by atoms with Crippen LogP contribution in [-0.4, -0.2) is 27.7 Å². The zero-order chi connectivity index (χ0) is 14.0. The van der Waals surface area contributed by atoms with E-state index in [0.717, 1.165) is 12.5 Å². The van der Waals surface area contributed by atoms with Crippen molar-refractivity contribution in [2.45, 2.75) is 23.8 Å². The Morgan fingerprint density at radius 1 is 1.47 bits per heavy atom. The van der Waals surface area contributed by atoms with Crippen LogP contribution in [0.3, 0.4) is 0 Å². The highest BCUT2D eigenvalue weighted by molar-refractivity contribution is 7.89. The van der Waals surface area contributed by atoms with Gasteiger partial charge in [0.15, 0.2) is 5.82 Å². The van der Waals surface area contributed by atoms with Gasteiger partial charge in [0.2, 0.25) is 10.0 Å². The molecule has 0 amide bonds. The Morgan fingerprint density at radius 2 is 2.21 bits per heavy atom. The first kappa shape index (κ1) is 14.5. The third-order valence-corrected chi connectivity index (χ3v) is 4.54. The smallest absolute Gasteiger partial charge is 0.243 e. The normalized spacial score (nSPS) is 20.4. The number of hydrogen-bond acceptors (Lipinski definition) is 4. The minimum absolute atomic E-state index is 0.0687. The summed E-state index contributed by atoms with van der Waals surface area (Å²) < 4.78 is 45.6.